The van der Waals surface area contributed by atoms with Crippen LogP contribution in [0.3, 0.4) is 0 Å². The number of nitriles is 1. The molecule has 0 saturated carbocycles. The summed E-state index contributed by atoms with van der Waals surface area (Å²) in [6.07, 6.45) is 4.43. The largest absolute Gasteiger partial charge is 0.308 e. The zero-order chi connectivity index (χ0) is 11.3. The lowest BCUT2D eigenvalue weighted by Crippen LogP contribution is -2.26. The van der Waals surface area contributed by atoms with E-state index < -0.39 is 5.92 Å². The van der Waals surface area contributed by atoms with E-state index >= 15 is 0 Å². The first-order valence-corrected chi connectivity index (χ1v) is 4.61. The molecule has 1 rings (SSSR count). The van der Waals surface area contributed by atoms with Crippen molar-refractivity contribution in [3.05, 3.63) is 18.6 Å². The van der Waals surface area contributed by atoms with Crippen molar-refractivity contribution in [1.82, 2.24) is 9.97 Å². The van der Waals surface area contributed by atoms with Crippen LogP contribution in [0, 0.1) is 23.2 Å². The molecule has 5 nitrogen and oxygen atoms in total. The van der Waals surface area contributed by atoms with Crippen molar-refractivity contribution in [3.8, 4) is 6.07 Å². The monoisotopic (exact) mass is 204 g/mol. The zero-order valence-electron chi connectivity index (χ0n) is 8.64. The lowest BCUT2D eigenvalue weighted by atomic mass is 9.97. The van der Waals surface area contributed by atoms with Gasteiger partial charge in [-0.15, -0.1) is 0 Å². The summed E-state index contributed by atoms with van der Waals surface area (Å²) in [5.74, 6) is -0.657. The fourth-order valence-electron chi connectivity index (χ4n) is 1.08. The van der Waals surface area contributed by atoms with Gasteiger partial charge in [-0.25, -0.2) is 4.98 Å². The van der Waals surface area contributed by atoms with Gasteiger partial charge in [0.2, 0.25) is 5.91 Å². The second-order valence-electron chi connectivity index (χ2n) is 3.43. The molecule has 0 saturated heterocycles. The smallest absolute Gasteiger partial charge is 0.243 e. The van der Waals surface area contributed by atoms with Gasteiger partial charge in [-0.05, 0) is 5.92 Å². The number of aromatic nitrogens is 2. The molecule has 1 amide bonds. The van der Waals surface area contributed by atoms with Crippen molar-refractivity contribution in [1.29, 1.82) is 5.26 Å². The molecule has 78 valence electrons. The number of nitrogens with one attached hydrogen (secondary N) is 1. The number of carbonyl (C=O) groups is 1. The summed E-state index contributed by atoms with van der Waals surface area (Å²) in [6, 6.07) is 1.96. The molecule has 0 aromatic carbocycles. The van der Waals surface area contributed by atoms with Crippen molar-refractivity contribution in [3.63, 3.8) is 0 Å². The molecule has 1 aromatic rings. The molecule has 0 fully saturated rings. The molecule has 0 aliphatic heterocycles. The van der Waals surface area contributed by atoms with Crippen molar-refractivity contribution in [2.24, 2.45) is 11.8 Å². The maximum Gasteiger partial charge on any atom is 0.243 e. The molecule has 1 atom stereocenters. The van der Waals surface area contributed by atoms with Crippen LogP contribution in [0.5, 0.6) is 0 Å². The molecular formula is C10H12N4O. The number of anilines is 1. The fraction of sp³-hybridized carbons (Fsp3) is 0.400. The Labute approximate surface area is 88.2 Å². The van der Waals surface area contributed by atoms with E-state index in [-0.39, 0.29) is 11.8 Å². The molecular weight excluding hydrogens is 192 g/mol. The fourth-order valence-corrected chi connectivity index (χ4v) is 1.08. The predicted octanol–water partition coefficient (Wildman–Crippen LogP) is 1.21. The second kappa shape index (κ2) is 5.05. The number of carbonyl (C=O) groups excluding carboxylic acids is 1. The number of amides is 1. The Morgan fingerprint density at radius 3 is 2.73 bits per heavy atom. The molecule has 0 aliphatic carbocycles. The van der Waals surface area contributed by atoms with Crippen molar-refractivity contribution in [2.75, 3.05) is 5.32 Å². The second-order valence-corrected chi connectivity index (χ2v) is 3.43. The molecule has 1 N–H and O–H groups in total. The van der Waals surface area contributed by atoms with E-state index in [4.69, 9.17) is 5.26 Å². The third-order valence-electron chi connectivity index (χ3n) is 1.90. The molecule has 1 unspecified atom stereocenters. The molecule has 0 spiro atoms. The number of rotatable bonds is 3. The molecule has 0 radical (unpaired) electrons. The van der Waals surface area contributed by atoms with Crippen molar-refractivity contribution in [2.45, 2.75) is 13.8 Å². The summed E-state index contributed by atoms with van der Waals surface area (Å²) in [7, 11) is 0. The predicted molar refractivity (Wildman–Crippen MR) is 54.6 cm³/mol. The molecule has 0 aliphatic rings. The maximum absolute atomic E-state index is 11.6. The standard InChI is InChI=1S/C10H12N4O/c1-7(2)8(5-11)10(15)14-9-6-12-3-4-13-9/h3-4,6-8H,1-2H3,(H,13,14,15). The SMILES string of the molecule is CC(C)C(C#N)C(=O)Nc1cnccn1. The average molecular weight is 204 g/mol. The van der Waals surface area contributed by atoms with E-state index in [2.05, 4.69) is 15.3 Å². The van der Waals surface area contributed by atoms with E-state index in [1.54, 1.807) is 0 Å². The van der Waals surface area contributed by atoms with Crippen LogP contribution in [-0.2, 0) is 4.79 Å². The third-order valence-corrected chi connectivity index (χ3v) is 1.90. The van der Waals surface area contributed by atoms with Gasteiger partial charge in [0.25, 0.3) is 0 Å². The summed E-state index contributed by atoms with van der Waals surface area (Å²) >= 11 is 0. The Morgan fingerprint density at radius 1 is 1.53 bits per heavy atom. The molecule has 1 heterocycles. The molecule has 0 bridgehead atoms. The summed E-state index contributed by atoms with van der Waals surface area (Å²) in [5, 5.41) is 11.3. The molecule has 1 aromatic heterocycles. The minimum atomic E-state index is -0.660. The normalized spacial score (nSPS) is 11.9. The van der Waals surface area contributed by atoms with Gasteiger partial charge in [0, 0.05) is 12.4 Å². The highest BCUT2D eigenvalue weighted by Gasteiger charge is 2.21. The lowest BCUT2D eigenvalue weighted by molar-refractivity contribution is -0.119. The Hall–Kier alpha value is -1.96. The summed E-state index contributed by atoms with van der Waals surface area (Å²) in [4.78, 5) is 19.3. The zero-order valence-corrected chi connectivity index (χ0v) is 8.64. The minimum absolute atomic E-state index is 0.0216. The highest BCUT2D eigenvalue weighted by Crippen LogP contribution is 2.11. The van der Waals surface area contributed by atoms with Crippen LogP contribution in [0.25, 0.3) is 0 Å². The van der Waals surface area contributed by atoms with Gasteiger partial charge in [0.15, 0.2) is 5.82 Å². The van der Waals surface area contributed by atoms with Crippen LogP contribution in [0.2, 0.25) is 0 Å². The molecule has 15 heavy (non-hydrogen) atoms. The highest BCUT2D eigenvalue weighted by molar-refractivity contribution is 5.93. The van der Waals surface area contributed by atoms with Crippen LogP contribution in [-0.4, -0.2) is 15.9 Å². The van der Waals surface area contributed by atoms with Crippen LogP contribution < -0.4 is 5.32 Å². The third kappa shape index (κ3) is 3.02. The van der Waals surface area contributed by atoms with Gasteiger partial charge in [-0.2, -0.15) is 5.26 Å². The van der Waals surface area contributed by atoms with E-state index in [9.17, 15) is 4.79 Å². The lowest BCUT2D eigenvalue weighted by Gasteiger charge is -2.11. The van der Waals surface area contributed by atoms with Gasteiger partial charge < -0.3 is 5.32 Å². The Bertz CT molecular complexity index is 369. The Morgan fingerprint density at radius 2 is 2.27 bits per heavy atom. The van der Waals surface area contributed by atoms with Gasteiger partial charge in [0.1, 0.15) is 5.92 Å². The van der Waals surface area contributed by atoms with Crippen LogP contribution >= 0.6 is 0 Å². The van der Waals surface area contributed by atoms with E-state index in [1.165, 1.54) is 18.6 Å². The average Bonchev–Trinajstić information content (AvgIpc) is 2.19. The summed E-state index contributed by atoms with van der Waals surface area (Å²) < 4.78 is 0. The van der Waals surface area contributed by atoms with Crippen LogP contribution in [0.1, 0.15) is 13.8 Å². The summed E-state index contributed by atoms with van der Waals surface area (Å²) in [5.41, 5.74) is 0. The number of hydrogen-bond acceptors (Lipinski definition) is 4. The highest BCUT2D eigenvalue weighted by atomic mass is 16.1. The Balaban J connectivity index is 2.68. The Kier molecular flexibility index (Phi) is 3.75. The first kappa shape index (κ1) is 11.1. The topological polar surface area (TPSA) is 78.7 Å². The minimum Gasteiger partial charge on any atom is -0.308 e. The van der Waals surface area contributed by atoms with Crippen molar-refractivity contribution < 1.29 is 4.79 Å². The maximum atomic E-state index is 11.6. The van der Waals surface area contributed by atoms with Crippen LogP contribution in [0.15, 0.2) is 18.6 Å². The summed E-state index contributed by atoms with van der Waals surface area (Å²) in [6.45, 7) is 3.65. The van der Waals surface area contributed by atoms with E-state index in [1.807, 2.05) is 19.9 Å². The van der Waals surface area contributed by atoms with Gasteiger partial charge in [0.05, 0.1) is 12.3 Å². The first-order valence-electron chi connectivity index (χ1n) is 4.61. The quantitative estimate of drug-likeness (QED) is 0.802. The van der Waals surface area contributed by atoms with Crippen molar-refractivity contribution >= 4 is 11.7 Å². The van der Waals surface area contributed by atoms with E-state index in [0.29, 0.717) is 5.82 Å². The van der Waals surface area contributed by atoms with E-state index in [0.717, 1.165) is 0 Å². The first-order chi connectivity index (χ1) is 7.15. The number of hydrogen-bond donors (Lipinski definition) is 1. The van der Waals surface area contributed by atoms with Gasteiger partial charge in [-0.1, -0.05) is 13.8 Å². The number of nitrogens with zero attached hydrogens (tertiary/aromatic N) is 3. The molecule has 5 heteroatoms. The van der Waals surface area contributed by atoms with Gasteiger partial charge >= 0.3 is 0 Å². The van der Waals surface area contributed by atoms with Gasteiger partial charge in [-0.3, -0.25) is 9.78 Å². The van der Waals surface area contributed by atoms with Crippen LogP contribution in [0.4, 0.5) is 5.82 Å².